The first-order valence-corrected chi connectivity index (χ1v) is 11.4. The maximum Gasteiger partial charge on any atom is 0.234 e. The SMILES string of the molecule is Cc1cc(Br)ccc1NC(=O)CSc1nnc(-c2cccs2)n1Cc1ccco1. The summed E-state index contributed by atoms with van der Waals surface area (Å²) in [6.07, 6.45) is 1.64. The first-order chi connectivity index (χ1) is 14.1. The fourth-order valence-electron chi connectivity index (χ4n) is 2.77. The van der Waals surface area contributed by atoms with Crippen LogP contribution in [0.15, 0.2) is 68.2 Å². The molecule has 0 aliphatic rings. The first-order valence-electron chi connectivity index (χ1n) is 8.78. The van der Waals surface area contributed by atoms with Crippen molar-refractivity contribution in [2.75, 3.05) is 11.1 Å². The van der Waals surface area contributed by atoms with Gasteiger partial charge in [0.1, 0.15) is 5.76 Å². The van der Waals surface area contributed by atoms with Gasteiger partial charge in [0.05, 0.1) is 23.4 Å². The second-order valence-electron chi connectivity index (χ2n) is 6.25. The molecule has 9 heteroatoms. The maximum absolute atomic E-state index is 12.5. The van der Waals surface area contributed by atoms with E-state index in [2.05, 4.69) is 31.4 Å². The van der Waals surface area contributed by atoms with Crippen molar-refractivity contribution >= 4 is 50.6 Å². The van der Waals surface area contributed by atoms with Crippen LogP contribution in [0, 0.1) is 6.92 Å². The maximum atomic E-state index is 12.5. The molecule has 0 saturated heterocycles. The van der Waals surface area contributed by atoms with Crippen LogP contribution in [-0.2, 0) is 11.3 Å². The van der Waals surface area contributed by atoms with E-state index in [0.717, 1.165) is 32.2 Å². The van der Waals surface area contributed by atoms with Gasteiger partial charge < -0.3 is 9.73 Å². The number of nitrogens with one attached hydrogen (secondary N) is 1. The van der Waals surface area contributed by atoms with Gasteiger partial charge in [0.15, 0.2) is 11.0 Å². The van der Waals surface area contributed by atoms with Crippen LogP contribution in [0.4, 0.5) is 5.69 Å². The number of benzene rings is 1. The van der Waals surface area contributed by atoms with E-state index in [1.165, 1.54) is 11.8 Å². The van der Waals surface area contributed by atoms with E-state index in [1.54, 1.807) is 17.6 Å². The summed E-state index contributed by atoms with van der Waals surface area (Å²) >= 11 is 6.39. The zero-order valence-electron chi connectivity index (χ0n) is 15.5. The number of aromatic nitrogens is 3. The van der Waals surface area contributed by atoms with Crippen molar-refractivity contribution in [3.05, 3.63) is 69.9 Å². The fraction of sp³-hybridized carbons (Fsp3) is 0.150. The molecule has 0 fully saturated rings. The number of carbonyl (C=O) groups is 1. The van der Waals surface area contributed by atoms with Crippen LogP contribution in [0.3, 0.4) is 0 Å². The number of hydrogen-bond acceptors (Lipinski definition) is 6. The molecule has 0 radical (unpaired) electrons. The van der Waals surface area contributed by atoms with Crippen molar-refractivity contribution < 1.29 is 9.21 Å². The molecule has 0 spiro atoms. The Balaban J connectivity index is 1.50. The highest BCUT2D eigenvalue weighted by molar-refractivity contribution is 9.10. The molecule has 1 N–H and O–H groups in total. The topological polar surface area (TPSA) is 73.0 Å². The largest absolute Gasteiger partial charge is 0.467 e. The minimum atomic E-state index is -0.0920. The van der Waals surface area contributed by atoms with Crippen LogP contribution in [-0.4, -0.2) is 26.4 Å². The summed E-state index contributed by atoms with van der Waals surface area (Å²) in [4.78, 5) is 13.5. The molecule has 148 valence electrons. The number of nitrogens with zero attached hydrogens (tertiary/aromatic N) is 3. The summed E-state index contributed by atoms with van der Waals surface area (Å²) in [6.45, 7) is 2.46. The standard InChI is InChI=1S/C20H17BrN4O2S2/c1-13-10-14(21)6-7-16(13)22-18(26)12-29-20-24-23-19(17-5-3-9-28-17)25(20)11-15-4-2-8-27-15/h2-10H,11-12H2,1H3,(H,22,26). The van der Waals surface area contributed by atoms with Gasteiger partial charge in [-0.05, 0) is 54.3 Å². The second kappa shape index (κ2) is 8.98. The van der Waals surface area contributed by atoms with Gasteiger partial charge in [-0.25, -0.2) is 0 Å². The van der Waals surface area contributed by atoms with Crippen molar-refractivity contribution in [2.24, 2.45) is 0 Å². The molecule has 3 heterocycles. The van der Waals surface area contributed by atoms with Gasteiger partial charge in [-0.3, -0.25) is 9.36 Å². The third-order valence-corrected chi connectivity index (χ3v) is 6.47. The monoisotopic (exact) mass is 488 g/mol. The van der Waals surface area contributed by atoms with E-state index >= 15 is 0 Å². The van der Waals surface area contributed by atoms with Gasteiger partial charge in [0, 0.05) is 10.2 Å². The molecular weight excluding hydrogens is 472 g/mol. The zero-order chi connectivity index (χ0) is 20.2. The van der Waals surface area contributed by atoms with Crippen LogP contribution < -0.4 is 5.32 Å². The molecule has 0 unspecified atom stereocenters. The lowest BCUT2D eigenvalue weighted by molar-refractivity contribution is -0.113. The van der Waals surface area contributed by atoms with Crippen molar-refractivity contribution in [1.29, 1.82) is 0 Å². The molecule has 3 aromatic heterocycles. The van der Waals surface area contributed by atoms with E-state index in [-0.39, 0.29) is 11.7 Å². The lowest BCUT2D eigenvalue weighted by atomic mass is 10.2. The Morgan fingerprint density at radius 3 is 2.90 bits per heavy atom. The summed E-state index contributed by atoms with van der Waals surface area (Å²) in [5.41, 5.74) is 1.80. The molecule has 4 rings (SSSR count). The minimum Gasteiger partial charge on any atom is -0.467 e. The van der Waals surface area contributed by atoms with Crippen molar-refractivity contribution in [2.45, 2.75) is 18.6 Å². The number of anilines is 1. The number of amides is 1. The Kier molecular flexibility index (Phi) is 6.17. The van der Waals surface area contributed by atoms with E-state index < -0.39 is 0 Å². The number of carbonyl (C=O) groups excluding carboxylic acids is 1. The normalized spacial score (nSPS) is 11.0. The highest BCUT2D eigenvalue weighted by atomic mass is 79.9. The molecule has 0 aliphatic heterocycles. The molecule has 29 heavy (non-hydrogen) atoms. The van der Waals surface area contributed by atoms with E-state index in [4.69, 9.17) is 4.42 Å². The molecule has 0 saturated carbocycles. The number of halogens is 1. The Morgan fingerprint density at radius 1 is 1.28 bits per heavy atom. The molecule has 1 amide bonds. The lowest BCUT2D eigenvalue weighted by Gasteiger charge is -2.10. The average Bonchev–Trinajstić information content (AvgIpc) is 3.45. The zero-order valence-corrected chi connectivity index (χ0v) is 18.7. The van der Waals surface area contributed by atoms with Crippen molar-refractivity contribution in [3.63, 3.8) is 0 Å². The summed E-state index contributed by atoms with van der Waals surface area (Å²) in [5, 5.41) is 14.3. The smallest absolute Gasteiger partial charge is 0.234 e. The quantitative estimate of drug-likeness (QED) is 0.350. The number of rotatable bonds is 7. The van der Waals surface area contributed by atoms with Gasteiger partial charge in [-0.1, -0.05) is 33.8 Å². The van der Waals surface area contributed by atoms with Crippen LogP contribution in [0.25, 0.3) is 10.7 Å². The van der Waals surface area contributed by atoms with Gasteiger partial charge in [-0.15, -0.1) is 21.5 Å². The number of furan rings is 1. The van der Waals surface area contributed by atoms with Crippen LogP contribution >= 0.6 is 39.0 Å². The molecule has 0 aliphatic carbocycles. The van der Waals surface area contributed by atoms with Gasteiger partial charge in [0.25, 0.3) is 0 Å². The first kappa shape index (κ1) is 19.9. The van der Waals surface area contributed by atoms with Crippen LogP contribution in [0.1, 0.15) is 11.3 Å². The molecule has 6 nitrogen and oxygen atoms in total. The summed E-state index contributed by atoms with van der Waals surface area (Å²) in [6, 6.07) is 13.5. The van der Waals surface area contributed by atoms with Gasteiger partial charge >= 0.3 is 0 Å². The van der Waals surface area contributed by atoms with Crippen LogP contribution in [0.5, 0.6) is 0 Å². The predicted molar refractivity (Wildman–Crippen MR) is 119 cm³/mol. The number of thioether (sulfide) groups is 1. The van der Waals surface area contributed by atoms with Gasteiger partial charge in [-0.2, -0.15) is 0 Å². The number of thiophene rings is 1. The van der Waals surface area contributed by atoms with Crippen LogP contribution in [0.2, 0.25) is 0 Å². The average molecular weight is 489 g/mol. The Morgan fingerprint density at radius 2 is 2.17 bits per heavy atom. The fourth-order valence-corrected chi connectivity index (χ4v) is 4.70. The Bertz CT molecular complexity index is 1110. The predicted octanol–water partition coefficient (Wildman–Crippen LogP) is 5.45. The molecular formula is C20H17BrN4O2S2. The van der Waals surface area contributed by atoms with Gasteiger partial charge in [0.2, 0.25) is 5.91 Å². The summed E-state index contributed by atoms with van der Waals surface area (Å²) < 4.78 is 8.46. The molecule has 4 aromatic rings. The second-order valence-corrected chi connectivity index (χ2v) is 9.05. The third kappa shape index (κ3) is 4.80. The van der Waals surface area contributed by atoms with E-state index in [0.29, 0.717) is 11.7 Å². The molecule has 0 bridgehead atoms. The number of aryl methyl sites for hydroxylation is 1. The van der Waals surface area contributed by atoms with Crippen molar-refractivity contribution in [3.8, 4) is 10.7 Å². The lowest BCUT2D eigenvalue weighted by Crippen LogP contribution is -2.15. The minimum absolute atomic E-state index is 0.0920. The molecule has 1 aromatic carbocycles. The molecule has 0 atom stereocenters. The Hall–Kier alpha value is -2.36. The highest BCUT2D eigenvalue weighted by Gasteiger charge is 2.18. The summed E-state index contributed by atoms with van der Waals surface area (Å²) in [7, 11) is 0. The highest BCUT2D eigenvalue weighted by Crippen LogP contribution is 2.28. The summed E-state index contributed by atoms with van der Waals surface area (Å²) in [5.74, 6) is 1.71. The third-order valence-electron chi connectivity index (χ3n) is 4.15. The number of hydrogen-bond donors (Lipinski definition) is 1. The van der Waals surface area contributed by atoms with Crippen molar-refractivity contribution in [1.82, 2.24) is 14.8 Å². The Labute approximate surface area is 184 Å². The van der Waals surface area contributed by atoms with E-state index in [1.807, 2.05) is 59.3 Å². The van der Waals surface area contributed by atoms with E-state index in [9.17, 15) is 4.79 Å².